The van der Waals surface area contributed by atoms with Gasteiger partial charge in [-0.05, 0) is 33.1 Å². The second kappa shape index (κ2) is 5.63. The van der Waals surface area contributed by atoms with Gasteiger partial charge in [0, 0.05) is 19.2 Å². The molecule has 0 spiro atoms. The van der Waals surface area contributed by atoms with Gasteiger partial charge in [0.05, 0.1) is 30.1 Å². The largest absolute Gasteiger partial charge is 0.377 e. The van der Waals surface area contributed by atoms with Gasteiger partial charge in [-0.25, -0.2) is 0 Å². The molecule has 1 saturated heterocycles. The highest BCUT2D eigenvalue weighted by molar-refractivity contribution is 5.39. The summed E-state index contributed by atoms with van der Waals surface area (Å²) in [6.07, 6.45) is 8.38. The highest BCUT2D eigenvalue weighted by Gasteiger charge is 2.31. The lowest BCUT2D eigenvalue weighted by Crippen LogP contribution is -2.22. The van der Waals surface area contributed by atoms with E-state index in [1.165, 1.54) is 12.8 Å². The number of nitrogens with one attached hydrogen (secondary N) is 1. The zero-order valence-electron chi connectivity index (χ0n) is 13.8. The van der Waals surface area contributed by atoms with Crippen LogP contribution in [0.1, 0.15) is 44.8 Å². The van der Waals surface area contributed by atoms with E-state index in [1.807, 2.05) is 17.1 Å². The van der Waals surface area contributed by atoms with E-state index in [4.69, 9.17) is 4.74 Å². The van der Waals surface area contributed by atoms with Crippen molar-refractivity contribution in [1.82, 2.24) is 24.5 Å². The van der Waals surface area contributed by atoms with Crippen LogP contribution in [0.15, 0.2) is 12.4 Å². The van der Waals surface area contributed by atoms with Crippen molar-refractivity contribution in [2.75, 3.05) is 11.9 Å². The Morgan fingerprint density at radius 3 is 3.09 bits per heavy atom. The Bertz CT molecular complexity index is 689. The van der Waals surface area contributed by atoms with Crippen molar-refractivity contribution in [3.8, 4) is 0 Å². The van der Waals surface area contributed by atoms with Gasteiger partial charge in [-0.15, -0.1) is 10.2 Å². The van der Waals surface area contributed by atoms with Crippen molar-refractivity contribution in [2.24, 2.45) is 0 Å². The molecule has 124 valence electrons. The second-order valence-corrected chi connectivity index (χ2v) is 7.18. The first kappa shape index (κ1) is 14.7. The summed E-state index contributed by atoms with van der Waals surface area (Å²) in [5.41, 5.74) is 1.00. The van der Waals surface area contributed by atoms with Crippen molar-refractivity contribution in [2.45, 2.75) is 64.3 Å². The van der Waals surface area contributed by atoms with E-state index in [9.17, 15) is 0 Å². The molecule has 7 heteroatoms. The maximum absolute atomic E-state index is 5.77. The van der Waals surface area contributed by atoms with Crippen molar-refractivity contribution >= 4 is 5.69 Å². The molecule has 1 N–H and O–H groups in total. The molecule has 2 aliphatic heterocycles. The predicted molar refractivity (Wildman–Crippen MR) is 86.3 cm³/mol. The van der Waals surface area contributed by atoms with Crippen molar-refractivity contribution in [3.05, 3.63) is 24.0 Å². The number of fused-ring (bicyclic) bond motifs is 1. The monoisotopic (exact) mass is 316 g/mol. The van der Waals surface area contributed by atoms with Crippen LogP contribution >= 0.6 is 0 Å². The lowest BCUT2D eigenvalue weighted by Gasteiger charge is -2.16. The summed E-state index contributed by atoms with van der Waals surface area (Å²) < 4.78 is 9.94. The van der Waals surface area contributed by atoms with E-state index in [0.717, 1.165) is 43.3 Å². The van der Waals surface area contributed by atoms with Crippen LogP contribution in [0.25, 0.3) is 0 Å². The maximum atomic E-state index is 5.77. The Hall–Kier alpha value is -1.89. The Balaban J connectivity index is 1.41. The fourth-order valence-corrected chi connectivity index (χ4v) is 3.52. The fraction of sp³-hybridized carbons (Fsp3) is 0.688. The first-order valence-corrected chi connectivity index (χ1v) is 8.43. The molecule has 0 amide bonds. The molecule has 1 fully saturated rings. The predicted octanol–water partition coefficient (Wildman–Crippen LogP) is 1.84. The number of hydrogen-bond donors (Lipinski definition) is 1. The molecule has 0 saturated carbocycles. The zero-order valence-corrected chi connectivity index (χ0v) is 13.8. The molecule has 1 unspecified atom stereocenters. The normalized spacial score (nSPS) is 23.0. The number of anilines is 1. The van der Waals surface area contributed by atoms with Crippen molar-refractivity contribution in [3.63, 3.8) is 0 Å². The molecule has 23 heavy (non-hydrogen) atoms. The number of nitrogens with zero attached hydrogens (tertiary/aromatic N) is 5. The second-order valence-electron chi connectivity index (χ2n) is 7.18. The van der Waals surface area contributed by atoms with Crippen molar-refractivity contribution in [1.29, 1.82) is 0 Å². The molecule has 4 rings (SSSR count). The van der Waals surface area contributed by atoms with Crippen LogP contribution in [0.5, 0.6) is 0 Å². The minimum atomic E-state index is -0.0335. The van der Waals surface area contributed by atoms with Gasteiger partial charge >= 0.3 is 0 Å². The van der Waals surface area contributed by atoms with E-state index >= 15 is 0 Å². The summed E-state index contributed by atoms with van der Waals surface area (Å²) in [6, 6.07) is 0.350. The molecular weight excluding hydrogens is 292 g/mol. The third-order valence-electron chi connectivity index (χ3n) is 4.66. The summed E-state index contributed by atoms with van der Waals surface area (Å²) in [6.45, 7) is 6.70. The molecule has 7 nitrogen and oxygen atoms in total. The van der Waals surface area contributed by atoms with E-state index in [1.54, 1.807) is 0 Å². The molecule has 0 aromatic carbocycles. The van der Waals surface area contributed by atoms with Gasteiger partial charge in [0.15, 0.2) is 5.82 Å². The number of aryl methyl sites for hydroxylation is 1. The third-order valence-corrected chi connectivity index (χ3v) is 4.66. The first-order valence-electron chi connectivity index (χ1n) is 8.43. The average Bonchev–Trinajstić information content (AvgIpc) is 3.21. The van der Waals surface area contributed by atoms with Crippen LogP contribution < -0.4 is 5.32 Å². The van der Waals surface area contributed by atoms with Crippen molar-refractivity contribution < 1.29 is 4.74 Å². The first-order chi connectivity index (χ1) is 11.1. The molecule has 0 bridgehead atoms. The van der Waals surface area contributed by atoms with Gasteiger partial charge in [0.2, 0.25) is 0 Å². The molecule has 2 aromatic rings. The lowest BCUT2D eigenvalue weighted by atomic mass is 10.0. The number of hydrogen-bond acceptors (Lipinski definition) is 5. The van der Waals surface area contributed by atoms with Gasteiger partial charge in [0.1, 0.15) is 12.4 Å². The van der Waals surface area contributed by atoms with Gasteiger partial charge in [-0.3, -0.25) is 4.68 Å². The summed E-state index contributed by atoms with van der Waals surface area (Å²) in [5, 5.41) is 16.6. The van der Waals surface area contributed by atoms with Gasteiger partial charge in [0.25, 0.3) is 0 Å². The summed E-state index contributed by atoms with van der Waals surface area (Å²) in [5.74, 6) is 2.11. The van der Waals surface area contributed by atoms with Crippen LogP contribution in [0.4, 0.5) is 5.69 Å². The smallest absolute Gasteiger partial charge is 0.154 e. The van der Waals surface area contributed by atoms with Crippen LogP contribution in [0, 0.1) is 0 Å². The van der Waals surface area contributed by atoms with Crippen LogP contribution in [-0.4, -0.2) is 42.8 Å². The maximum Gasteiger partial charge on any atom is 0.154 e. The molecule has 0 radical (unpaired) electrons. The van der Waals surface area contributed by atoms with E-state index in [-0.39, 0.29) is 5.60 Å². The van der Waals surface area contributed by atoms with Crippen LogP contribution in [0.2, 0.25) is 0 Å². The Morgan fingerprint density at radius 1 is 1.35 bits per heavy atom. The summed E-state index contributed by atoms with van der Waals surface area (Å²) in [4.78, 5) is 0. The fourth-order valence-electron chi connectivity index (χ4n) is 3.52. The van der Waals surface area contributed by atoms with E-state index in [2.05, 4.69) is 39.0 Å². The molecule has 2 aromatic heterocycles. The molecule has 2 aliphatic rings. The minimum absolute atomic E-state index is 0.0335. The van der Waals surface area contributed by atoms with Gasteiger partial charge in [-0.1, -0.05) is 0 Å². The summed E-state index contributed by atoms with van der Waals surface area (Å²) >= 11 is 0. The minimum Gasteiger partial charge on any atom is -0.377 e. The quantitative estimate of drug-likeness (QED) is 0.932. The van der Waals surface area contributed by atoms with Crippen LogP contribution in [-0.2, 0) is 24.2 Å². The SMILES string of the molecule is CC1(C)CC(Nc2cnn(Cc3nnc4n3CCCC4)c2)CO1. The third kappa shape index (κ3) is 3.10. The average molecular weight is 316 g/mol. The molecule has 1 atom stereocenters. The molecular formula is C16H24N6O. The highest BCUT2D eigenvalue weighted by Crippen LogP contribution is 2.26. The Labute approximate surface area is 136 Å². The molecule has 4 heterocycles. The topological polar surface area (TPSA) is 69.8 Å². The highest BCUT2D eigenvalue weighted by atomic mass is 16.5. The van der Waals surface area contributed by atoms with Crippen LogP contribution in [0.3, 0.4) is 0 Å². The number of rotatable bonds is 4. The summed E-state index contributed by atoms with van der Waals surface area (Å²) in [7, 11) is 0. The number of ether oxygens (including phenoxy) is 1. The number of aromatic nitrogens is 5. The Kier molecular flexibility index (Phi) is 3.60. The van der Waals surface area contributed by atoms with E-state index < -0.39 is 0 Å². The lowest BCUT2D eigenvalue weighted by molar-refractivity contribution is 0.0363. The zero-order chi connectivity index (χ0) is 15.9. The van der Waals surface area contributed by atoms with E-state index in [0.29, 0.717) is 12.6 Å². The molecule has 0 aliphatic carbocycles. The van der Waals surface area contributed by atoms with Gasteiger partial charge in [-0.2, -0.15) is 5.10 Å². The van der Waals surface area contributed by atoms with Gasteiger partial charge < -0.3 is 14.6 Å². The Morgan fingerprint density at radius 2 is 2.26 bits per heavy atom. The standard InChI is InChI=1S/C16H24N6O/c1-16(2)7-12(11-23-16)18-13-8-17-21(9-13)10-15-20-19-14-5-3-4-6-22(14)15/h8-9,12,18H,3-7,10-11H2,1-2H3.